The molecule has 0 aromatic heterocycles. The van der Waals surface area contributed by atoms with E-state index >= 15 is 0 Å². The first-order chi connectivity index (χ1) is 18.7. The quantitative estimate of drug-likeness (QED) is 0.360. The summed E-state index contributed by atoms with van der Waals surface area (Å²) in [5, 5.41) is 3.67. The van der Waals surface area contributed by atoms with Gasteiger partial charge in [-0.25, -0.2) is 8.42 Å². The maximum atomic E-state index is 14.0. The van der Waals surface area contributed by atoms with Crippen molar-refractivity contribution in [3.63, 3.8) is 0 Å². The molecule has 0 saturated heterocycles. The molecule has 3 aromatic carbocycles. The van der Waals surface area contributed by atoms with Gasteiger partial charge in [-0.15, -0.1) is 0 Å². The number of nitrogens with zero attached hydrogens (tertiary/aromatic N) is 2. The van der Waals surface area contributed by atoms with E-state index in [1.165, 1.54) is 4.90 Å². The van der Waals surface area contributed by atoms with Crippen molar-refractivity contribution >= 4 is 39.1 Å². The normalized spacial score (nSPS) is 14.5. The number of carbonyl (C=O) groups is 2. The van der Waals surface area contributed by atoms with Crippen LogP contribution in [0.5, 0.6) is 0 Å². The van der Waals surface area contributed by atoms with E-state index in [4.69, 9.17) is 11.6 Å². The number of hydrogen-bond donors (Lipinski definition) is 1. The number of carbonyl (C=O) groups excluding carboxylic acids is 2. The van der Waals surface area contributed by atoms with Gasteiger partial charge in [0, 0.05) is 24.0 Å². The van der Waals surface area contributed by atoms with Crippen molar-refractivity contribution in [2.75, 3.05) is 17.1 Å². The lowest BCUT2D eigenvalue weighted by Crippen LogP contribution is -2.54. The highest BCUT2D eigenvalue weighted by Gasteiger charge is 2.34. The number of nitrogens with one attached hydrogen (secondary N) is 1. The van der Waals surface area contributed by atoms with E-state index in [2.05, 4.69) is 5.32 Å². The molecule has 0 aliphatic heterocycles. The number of anilines is 1. The van der Waals surface area contributed by atoms with Gasteiger partial charge in [0.1, 0.15) is 12.6 Å². The molecule has 2 amide bonds. The standard InChI is InChI=1S/C30H34ClN3O4S/c1-39(37,38)34(27-17-6-3-7-18-27)22-29(35)33(21-24-13-10-14-25(31)19-24)28(20-23-11-4-2-5-12-23)30(36)32-26-15-8-9-16-26/h2-7,10-14,17-19,26,28H,8-9,15-16,20-22H2,1H3,(H,32,36)/t28-/m1/s1. The summed E-state index contributed by atoms with van der Waals surface area (Å²) >= 11 is 6.25. The van der Waals surface area contributed by atoms with Crippen LogP contribution in [0.25, 0.3) is 0 Å². The van der Waals surface area contributed by atoms with Crippen LogP contribution in [0, 0.1) is 0 Å². The average Bonchev–Trinajstić information content (AvgIpc) is 3.42. The summed E-state index contributed by atoms with van der Waals surface area (Å²) in [5.74, 6) is -0.724. The summed E-state index contributed by atoms with van der Waals surface area (Å²) in [5.41, 5.74) is 2.02. The van der Waals surface area contributed by atoms with Crippen molar-refractivity contribution < 1.29 is 18.0 Å². The van der Waals surface area contributed by atoms with Gasteiger partial charge in [0.25, 0.3) is 0 Å². The first-order valence-electron chi connectivity index (χ1n) is 13.1. The molecule has 0 unspecified atom stereocenters. The minimum Gasteiger partial charge on any atom is -0.352 e. The van der Waals surface area contributed by atoms with Crippen LogP contribution < -0.4 is 9.62 Å². The molecular weight excluding hydrogens is 534 g/mol. The number of halogens is 1. The first kappa shape index (κ1) is 28.6. The Kier molecular flexibility index (Phi) is 9.64. The number of amides is 2. The second-order valence-corrected chi connectivity index (χ2v) is 12.3. The van der Waals surface area contributed by atoms with Gasteiger partial charge in [-0.1, -0.05) is 85.1 Å². The van der Waals surface area contributed by atoms with Crippen molar-refractivity contribution in [2.24, 2.45) is 0 Å². The van der Waals surface area contributed by atoms with E-state index in [1.54, 1.807) is 48.5 Å². The van der Waals surface area contributed by atoms with Gasteiger partial charge in [0.2, 0.25) is 21.8 Å². The molecular formula is C30H34ClN3O4S. The Hall–Kier alpha value is -3.36. The Balaban J connectivity index is 1.71. The minimum atomic E-state index is -3.79. The SMILES string of the molecule is CS(=O)(=O)N(CC(=O)N(Cc1cccc(Cl)c1)[C@H](Cc1ccccc1)C(=O)NC1CCCC1)c1ccccc1. The third-order valence-electron chi connectivity index (χ3n) is 6.94. The van der Waals surface area contributed by atoms with Gasteiger partial charge < -0.3 is 10.2 Å². The van der Waals surface area contributed by atoms with Crippen LogP contribution in [-0.4, -0.2) is 50.0 Å². The maximum absolute atomic E-state index is 14.0. The van der Waals surface area contributed by atoms with Gasteiger partial charge in [-0.05, 0) is 48.2 Å². The van der Waals surface area contributed by atoms with Crippen LogP contribution >= 0.6 is 11.6 Å². The van der Waals surface area contributed by atoms with Crippen molar-refractivity contribution in [2.45, 2.75) is 50.7 Å². The molecule has 0 heterocycles. The van der Waals surface area contributed by atoms with Crippen LogP contribution in [0.4, 0.5) is 5.69 Å². The molecule has 0 spiro atoms. The molecule has 9 heteroatoms. The zero-order valence-corrected chi connectivity index (χ0v) is 23.6. The van der Waals surface area contributed by atoms with E-state index in [9.17, 15) is 18.0 Å². The van der Waals surface area contributed by atoms with Crippen LogP contribution in [-0.2, 0) is 32.6 Å². The number of hydrogen-bond acceptors (Lipinski definition) is 4. The molecule has 3 aromatic rings. The number of rotatable bonds is 11. The van der Waals surface area contributed by atoms with Crippen molar-refractivity contribution in [1.29, 1.82) is 0 Å². The molecule has 0 radical (unpaired) electrons. The molecule has 39 heavy (non-hydrogen) atoms. The van der Waals surface area contributed by atoms with E-state index in [-0.39, 0.29) is 24.9 Å². The van der Waals surface area contributed by atoms with Gasteiger partial charge in [-0.3, -0.25) is 13.9 Å². The van der Waals surface area contributed by atoms with Gasteiger partial charge in [0.05, 0.1) is 11.9 Å². The van der Waals surface area contributed by atoms with E-state index in [1.807, 2.05) is 36.4 Å². The second kappa shape index (κ2) is 13.1. The highest BCUT2D eigenvalue weighted by Crippen LogP contribution is 2.22. The number of benzene rings is 3. The molecule has 1 aliphatic carbocycles. The Morgan fingerprint density at radius 2 is 1.54 bits per heavy atom. The molecule has 206 valence electrons. The van der Waals surface area contributed by atoms with Crippen molar-refractivity contribution in [3.8, 4) is 0 Å². The molecule has 4 rings (SSSR count). The van der Waals surface area contributed by atoms with E-state index < -0.39 is 28.5 Å². The number of sulfonamides is 1. The molecule has 1 N–H and O–H groups in total. The molecule has 1 saturated carbocycles. The summed E-state index contributed by atoms with van der Waals surface area (Å²) < 4.78 is 26.6. The molecule has 1 aliphatic rings. The summed E-state index contributed by atoms with van der Waals surface area (Å²) in [4.78, 5) is 29.3. The third kappa shape index (κ3) is 8.07. The van der Waals surface area contributed by atoms with Crippen LogP contribution in [0.1, 0.15) is 36.8 Å². The van der Waals surface area contributed by atoms with E-state index in [0.29, 0.717) is 10.7 Å². The Bertz CT molecular complexity index is 1360. The predicted octanol–water partition coefficient (Wildman–Crippen LogP) is 4.80. The largest absolute Gasteiger partial charge is 0.352 e. The monoisotopic (exact) mass is 567 g/mol. The topological polar surface area (TPSA) is 86.8 Å². The molecule has 1 fully saturated rings. The lowest BCUT2D eigenvalue weighted by molar-refractivity contribution is -0.140. The van der Waals surface area contributed by atoms with Crippen LogP contribution in [0.15, 0.2) is 84.9 Å². The number of para-hydroxylation sites is 1. The predicted molar refractivity (Wildman–Crippen MR) is 155 cm³/mol. The Morgan fingerprint density at radius 1 is 0.923 bits per heavy atom. The fourth-order valence-electron chi connectivity index (χ4n) is 4.96. The molecule has 1 atom stereocenters. The summed E-state index contributed by atoms with van der Waals surface area (Å²) in [6.07, 6.45) is 5.28. The lowest BCUT2D eigenvalue weighted by atomic mass is 10.0. The van der Waals surface area contributed by atoms with Gasteiger partial charge in [0.15, 0.2) is 0 Å². The van der Waals surface area contributed by atoms with E-state index in [0.717, 1.165) is 47.4 Å². The van der Waals surface area contributed by atoms with Crippen LogP contribution in [0.3, 0.4) is 0 Å². The average molecular weight is 568 g/mol. The fraction of sp³-hybridized carbons (Fsp3) is 0.333. The summed E-state index contributed by atoms with van der Waals surface area (Å²) in [7, 11) is -3.79. The smallest absolute Gasteiger partial charge is 0.244 e. The maximum Gasteiger partial charge on any atom is 0.244 e. The highest BCUT2D eigenvalue weighted by molar-refractivity contribution is 7.92. The second-order valence-electron chi connectivity index (χ2n) is 9.95. The zero-order chi connectivity index (χ0) is 27.8. The Labute approximate surface area is 235 Å². The first-order valence-corrected chi connectivity index (χ1v) is 15.3. The van der Waals surface area contributed by atoms with Crippen LogP contribution in [0.2, 0.25) is 5.02 Å². The molecule has 7 nitrogen and oxygen atoms in total. The van der Waals surface area contributed by atoms with Gasteiger partial charge >= 0.3 is 0 Å². The van der Waals surface area contributed by atoms with Gasteiger partial charge in [-0.2, -0.15) is 0 Å². The third-order valence-corrected chi connectivity index (χ3v) is 8.31. The zero-order valence-electron chi connectivity index (χ0n) is 22.0. The highest BCUT2D eigenvalue weighted by atomic mass is 35.5. The lowest BCUT2D eigenvalue weighted by Gasteiger charge is -2.34. The summed E-state index contributed by atoms with van der Waals surface area (Å²) in [6.45, 7) is -0.340. The Morgan fingerprint density at radius 3 is 2.15 bits per heavy atom. The minimum absolute atomic E-state index is 0.0655. The molecule has 0 bridgehead atoms. The van der Waals surface area contributed by atoms with Crippen molar-refractivity contribution in [3.05, 3.63) is 101 Å². The summed E-state index contributed by atoms with van der Waals surface area (Å²) in [6, 6.07) is 24.4. The van der Waals surface area contributed by atoms with Crippen molar-refractivity contribution in [1.82, 2.24) is 10.2 Å². The fourth-order valence-corrected chi connectivity index (χ4v) is 6.02.